The number of halogens is 3. The van der Waals surface area contributed by atoms with E-state index >= 15 is 0 Å². The van der Waals surface area contributed by atoms with Gasteiger partial charge in [-0.1, -0.05) is 0 Å². The Bertz CT molecular complexity index is 452. The molecule has 0 saturated heterocycles. The van der Waals surface area contributed by atoms with Crippen molar-refractivity contribution in [1.82, 2.24) is 0 Å². The molecule has 0 aliphatic rings. The monoisotopic (exact) mass is 258 g/mol. The highest BCUT2D eigenvalue weighted by Gasteiger charge is 2.31. The maximum absolute atomic E-state index is 12.5. The van der Waals surface area contributed by atoms with Crippen molar-refractivity contribution in [2.75, 3.05) is 11.9 Å². The number of hydrogen-bond donors (Lipinski definition) is 2. The summed E-state index contributed by atoms with van der Waals surface area (Å²) in [5.41, 5.74) is -0.569. The van der Waals surface area contributed by atoms with Crippen molar-refractivity contribution in [3.63, 3.8) is 0 Å². The summed E-state index contributed by atoms with van der Waals surface area (Å²) in [5, 5.41) is 20.5. The third-order valence-electron chi connectivity index (χ3n) is 2.43. The Kier molecular flexibility index (Phi) is 4.56. The molecule has 2 N–H and O–H groups in total. The summed E-state index contributed by atoms with van der Waals surface area (Å²) >= 11 is 0. The molecule has 0 spiro atoms. The van der Waals surface area contributed by atoms with Gasteiger partial charge < -0.3 is 10.4 Å². The summed E-state index contributed by atoms with van der Waals surface area (Å²) in [6.07, 6.45) is -4.01. The topological polar surface area (TPSA) is 56.0 Å². The van der Waals surface area contributed by atoms with E-state index in [9.17, 15) is 13.2 Å². The smallest absolute Gasteiger partial charge is 0.396 e. The van der Waals surface area contributed by atoms with Gasteiger partial charge in [0.25, 0.3) is 0 Å². The SMILES string of the molecule is CC(CCO)Nc1ccc(C(F)(F)F)cc1C#N. The van der Waals surface area contributed by atoms with E-state index in [1.807, 2.05) is 0 Å². The predicted octanol–water partition coefficient (Wildman–Crippen LogP) is 2.76. The quantitative estimate of drug-likeness (QED) is 0.873. The summed E-state index contributed by atoms with van der Waals surface area (Å²) in [4.78, 5) is 0. The van der Waals surface area contributed by atoms with E-state index in [4.69, 9.17) is 10.4 Å². The maximum atomic E-state index is 12.5. The summed E-state index contributed by atoms with van der Waals surface area (Å²) in [5.74, 6) is 0. The van der Waals surface area contributed by atoms with Crippen molar-refractivity contribution in [1.29, 1.82) is 5.26 Å². The number of benzene rings is 1. The molecule has 0 aliphatic carbocycles. The van der Waals surface area contributed by atoms with Gasteiger partial charge in [0.05, 0.1) is 16.8 Å². The normalized spacial score (nSPS) is 12.9. The highest BCUT2D eigenvalue weighted by atomic mass is 19.4. The maximum Gasteiger partial charge on any atom is 0.416 e. The van der Waals surface area contributed by atoms with E-state index in [0.717, 1.165) is 12.1 Å². The van der Waals surface area contributed by atoms with Crippen LogP contribution in [0.15, 0.2) is 18.2 Å². The van der Waals surface area contributed by atoms with Crippen molar-refractivity contribution in [2.24, 2.45) is 0 Å². The molecule has 0 radical (unpaired) electrons. The number of aliphatic hydroxyl groups is 1. The van der Waals surface area contributed by atoms with E-state index < -0.39 is 11.7 Å². The second kappa shape index (κ2) is 5.74. The first-order valence-corrected chi connectivity index (χ1v) is 5.37. The minimum Gasteiger partial charge on any atom is -0.396 e. The van der Waals surface area contributed by atoms with E-state index in [1.54, 1.807) is 13.0 Å². The largest absolute Gasteiger partial charge is 0.416 e. The number of aliphatic hydroxyl groups excluding tert-OH is 1. The first-order valence-electron chi connectivity index (χ1n) is 5.37. The van der Waals surface area contributed by atoms with Gasteiger partial charge in [0.1, 0.15) is 6.07 Å². The standard InChI is InChI=1S/C12H13F3N2O/c1-8(4-5-18)17-11-3-2-10(12(13,14)15)6-9(11)7-16/h2-3,6,8,17-18H,4-5H2,1H3. The Hall–Kier alpha value is -1.74. The fourth-order valence-electron chi connectivity index (χ4n) is 1.47. The summed E-state index contributed by atoms with van der Waals surface area (Å²) < 4.78 is 37.4. The lowest BCUT2D eigenvalue weighted by Gasteiger charge is -2.16. The van der Waals surface area contributed by atoms with Gasteiger partial charge in [-0.05, 0) is 31.5 Å². The van der Waals surface area contributed by atoms with Crippen molar-refractivity contribution in [2.45, 2.75) is 25.6 Å². The molecule has 0 amide bonds. The van der Waals surface area contributed by atoms with Crippen LogP contribution in [-0.4, -0.2) is 17.8 Å². The van der Waals surface area contributed by atoms with Crippen LogP contribution in [0, 0.1) is 11.3 Å². The molecule has 1 unspecified atom stereocenters. The van der Waals surface area contributed by atoms with Crippen molar-refractivity contribution < 1.29 is 18.3 Å². The number of nitrogens with one attached hydrogen (secondary N) is 1. The van der Waals surface area contributed by atoms with E-state index in [1.165, 1.54) is 6.07 Å². The fraction of sp³-hybridized carbons (Fsp3) is 0.417. The van der Waals surface area contributed by atoms with Crippen LogP contribution in [-0.2, 0) is 6.18 Å². The average molecular weight is 258 g/mol. The van der Waals surface area contributed by atoms with Crippen LogP contribution in [0.5, 0.6) is 0 Å². The second-order valence-corrected chi connectivity index (χ2v) is 3.93. The lowest BCUT2D eigenvalue weighted by Crippen LogP contribution is -2.17. The molecule has 0 aliphatic heterocycles. The van der Waals surface area contributed by atoms with E-state index in [-0.39, 0.29) is 18.2 Å². The summed E-state index contributed by atoms with van der Waals surface area (Å²) in [6, 6.07) is 4.57. The van der Waals surface area contributed by atoms with Crippen LogP contribution in [0.25, 0.3) is 0 Å². The fourth-order valence-corrected chi connectivity index (χ4v) is 1.47. The second-order valence-electron chi connectivity index (χ2n) is 3.93. The predicted molar refractivity (Wildman–Crippen MR) is 60.9 cm³/mol. The summed E-state index contributed by atoms with van der Waals surface area (Å²) in [6.45, 7) is 1.74. The van der Waals surface area contributed by atoms with Gasteiger partial charge in [0.15, 0.2) is 0 Å². The molecule has 18 heavy (non-hydrogen) atoms. The molecule has 0 fully saturated rings. The van der Waals surface area contributed by atoms with Gasteiger partial charge in [-0.15, -0.1) is 0 Å². The molecular weight excluding hydrogens is 245 g/mol. The molecule has 1 atom stereocenters. The lowest BCUT2D eigenvalue weighted by molar-refractivity contribution is -0.137. The Morgan fingerprint density at radius 1 is 1.44 bits per heavy atom. The molecule has 98 valence electrons. The summed E-state index contributed by atoms with van der Waals surface area (Å²) in [7, 11) is 0. The molecular formula is C12H13F3N2O. The third kappa shape index (κ3) is 3.64. The van der Waals surface area contributed by atoms with Crippen LogP contribution < -0.4 is 5.32 Å². The van der Waals surface area contributed by atoms with Crippen LogP contribution >= 0.6 is 0 Å². The van der Waals surface area contributed by atoms with Crippen LogP contribution in [0.2, 0.25) is 0 Å². The molecule has 0 saturated carbocycles. The zero-order valence-electron chi connectivity index (χ0n) is 9.75. The average Bonchev–Trinajstić information content (AvgIpc) is 2.28. The van der Waals surface area contributed by atoms with Crippen molar-refractivity contribution >= 4 is 5.69 Å². The number of nitriles is 1. The number of hydrogen-bond acceptors (Lipinski definition) is 3. The molecule has 1 rings (SSSR count). The number of rotatable bonds is 4. The van der Waals surface area contributed by atoms with Crippen LogP contribution in [0.1, 0.15) is 24.5 Å². The van der Waals surface area contributed by atoms with Gasteiger partial charge in [-0.3, -0.25) is 0 Å². The van der Waals surface area contributed by atoms with E-state index in [2.05, 4.69) is 5.32 Å². The van der Waals surface area contributed by atoms with Gasteiger partial charge in [0.2, 0.25) is 0 Å². The Morgan fingerprint density at radius 2 is 2.11 bits per heavy atom. The number of alkyl halides is 3. The zero-order chi connectivity index (χ0) is 13.8. The Morgan fingerprint density at radius 3 is 2.61 bits per heavy atom. The lowest BCUT2D eigenvalue weighted by atomic mass is 10.1. The molecule has 0 bridgehead atoms. The Balaban J connectivity index is 2.98. The zero-order valence-corrected chi connectivity index (χ0v) is 9.75. The molecule has 0 heterocycles. The minimum absolute atomic E-state index is 0.0311. The van der Waals surface area contributed by atoms with Gasteiger partial charge in [0, 0.05) is 12.6 Å². The first-order chi connectivity index (χ1) is 8.38. The Labute approximate surface area is 103 Å². The molecule has 1 aromatic carbocycles. The van der Waals surface area contributed by atoms with Crippen molar-refractivity contribution in [3.05, 3.63) is 29.3 Å². The van der Waals surface area contributed by atoms with Crippen LogP contribution in [0.4, 0.5) is 18.9 Å². The third-order valence-corrected chi connectivity index (χ3v) is 2.43. The van der Waals surface area contributed by atoms with E-state index in [0.29, 0.717) is 12.1 Å². The first kappa shape index (κ1) is 14.3. The van der Waals surface area contributed by atoms with Crippen molar-refractivity contribution in [3.8, 4) is 6.07 Å². The highest BCUT2D eigenvalue weighted by Crippen LogP contribution is 2.31. The highest BCUT2D eigenvalue weighted by molar-refractivity contribution is 5.59. The molecule has 1 aromatic rings. The van der Waals surface area contributed by atoms with Gasteiger partial charge in [-0.25, -0.2) is 0 Å². The molecule has 3 nitrogen and oxygen atoms in total. The molecule has 6 heteroatoms. The number of anilines is 1. The van der Waals surface area contributed by atoms with Crippen LogP contribution in [0.3, 0.4) is 0 Å². The van der Waals surface area contributed by atoms with Gasteiger partial charge >= 0.3 is 6.18 Å². The minimum atomic E-state index is -4.46. The number of nitrogens with zero attached hydrogens (tertiary/aromatic N) is 1. The molecule has 0 aromatic heterocycles. The van der Waals surface area contributed by atoms with Gasteiger partial charge in [-0.2, -0.15) is 18.4 Å².